The molecule has 1 amide bonds. The molecule has 1 aromatic carbocycles. The molecule has 0 N–H and O–H groups in total. The summed E-state index contributed by atoms with van der Waals surface area (Å²) in [7, 11) is 0. The number of carbonyl (C=O) groups is 1. The zero-order valence-corrected chi connectivity index (χ0v) is 14.8. The predicted octanol–water partition coefficient (Wildman–Crippen LogP) is 3.25. The fourth-order valence-electron chi connectivity index (χ4n) is 3.56. The first-order chi connectivity index (χ1) is 12.7. The van der Waals surface area contributed by atoms with Gasteiger partial charge in [-0.2, -0.15) is 0 Å². The van der Waals surface area contributed by atoms with Crippen LogP contribution in [0.5, 0.6) is 0 Å². The summed E-state index contributed by atoms with van der Waals surface area (Å²) in [4.78, 5) is 18.9. The van der Waals surface area contributed by atoms with Crippen LogP contribution >= 0.6 is 0 Å². The second-order valence-corrected chi connectivity index (χ2v) is 6.80. The van der Waals surface area contributed by atoms with Crippen molar-refractivity contribution in [2.24, 2.45) is 0 Å². The van der Waals surface area contributed by atoms with E-state index in [1.807, 2.05) is 30.3 Å². The topological polar surface area (TPSA) is 64.2 Å². The molecular weight excluding hydrogens is 328 g/mol. The maximum Gasteiger partial charge on any atom is 0.292 e. The number of aryl methyl sites for hydroxylation is 1. The Kier molecular flexibility index (Phi) is 4.56. The average molecular weight is 350 g/mol. The van der Waals surface area contributed by atoms with Gasteiger partial charge in [0, 0.05) is 44.0 Å². The fraction of sp³-hybridized carbons (Fsp3) is 0.350. The summed E-state index contributed by atoms with van der Waals surface area (Å²) in [5.74, 6) is 1.73. The summed E-state index contributed by atoms with van der Waals surface area (Å²) < 4.78 is 7.33. The van der Waals surface area contributed by atoms with Crippen LogP contribution in [0.25, 0.3) is 0 Å². The second kappa shape index (κ2) is 7.15. The number of nitrogens with zero attached hydrogens (tertiary/aromatic N) is 4. The molecule has 3 aromatic rings. The van der Waals surface area contributed by atoms with Gasteiger partial charge in [-0.1, -0.05) is 35.5 Å². The lowest BCUT2D eigenvalue weighted by Gasteiger charge is -2.31. The molecule has 0 saturated carbocycles. The molecule has 3 heterocycles. The van der Waals surface area contributed by atoms with E-state index < -0.39 is 0 Å². The Labute approximate surface area is 152 Å². The summed E-state index contributed by atoms with van der Waals surface area (Å²) in [6.07, 6.45) is 5.72. The number of piperidine rings is 1. The fourth-order valence-corrected chi connectivity index (χ4v) is 3.56. The first-order valence-corrected chi connectivity index (χ1v) is 8.98. The summed E-state index contributed by atoms with van der Waals surface area (Å²) in [6, 6.07) is 12.1. The van der Waals surface area contributed by atoms with Gasteiger partial charge in [-0.3, -0.25) is 4.79 Å². The molecule has 1 saturated heterocycles. The van der Waals surface area contributed by atoms with Crippen LogP contribution in [0, 0.1) is 6.92 Å². The van der Waals surface area contributed by atoms with Crippen LogP contribution in [0.2, 0.25) is 0 Å². The maximum absolute atomic E-state index is 12.5. The van der Waals surface area contributed by atoms with Crippen LogP contribution in [0.3, 0.4) is 0 Å². The number of hydrogen-bond acceptors (Lipinski definition) is 4. The average Bonchev–Trinajstić information content (AvgIpc) is 3.31. The molecule has 0 aliphatic carbocycles. The van der Waals surface area contributed by atoms with Crippen LogP contribution in [0.15, 0.2) is 53.3 Å². The minimum absolute atomic E-state index is 0.0725. The molecule has 0 bridgehead atoms. The molecular formula is C20H22N4O2. The maximum atomic E-state index is 12.5. The number of aromatic nitrogens is 3. The van der Waals surface area contributed by atoms with Gasteiger partial charge in [-0.15, -0.1) is 0 Å². The number of amides is 1. The quantitative estimate of drug-likeness (QED) is 0.724. The number of rotatable bonds is 4. The van der Waals surface area contributed by atoms with E-state index in [2.05, 4.69) is 39.0 Å². The van der Waals surface area contributed by atoms with Crippen molar-refractivity contribution in [1.82, 2.24) is 19.6 Å². The minimum atomic E-state index is -0.0725. The number of benzene rings is 1. The Hall–Kier alpha value is -2.89. The van der Waals surface area contributed by atoms with Gasteiger partial charge in [0.2, 0.25) is 5.76 Å². The van der Waals surface area contributed by atoms with Gasteiger partial charge >= 0.3 is 0 Å². The highest BCUT2D eigenvalue weighted by Gasteiger charge is 2.28. The molecule has 0 spiro atoms. The zero-order valence-electron chi connectivity index (χ0n) is 14.8. The first kappa shape index (κ1) is 16.6. The van der Waals surface area contributed by atoms with E-state index in [0.29, 0.717) is 24.8 Å². The molecule has 1 aliphatic rings. The molecule has 1 aliphatic heterocycles. The van der Waals surface area contributed by atoms with Crippen LogP contribution < -0.4 is 0 Å². The van der Waals surface area contributed by atoms with Gasteiger partial charge in [-0.25, -0.2) is 4.98 Å². The molecule has 4 rings (SSSR count). The van der Waals surface area contributed by atoms with Gasteiger partial charge in [-0.05, 0) is 25.3 Å². The number of carbonyl (C=O) groups excluding carboxylic acids is 1. The largest absolute Gasteiger partial charge is 0.351 e. The summed E-state index contributed by atoms with van der Waals surface area (Å²) in [6.45, 7) is 4.06. The summed E-state index contributed by atoms with van der Waals surface area (Å²) >= 11 is 0. The van der Waals surface area contributed by atoms with Gasteiger partial charge < -0.3 is 14.0 Å². The highest BCUT2D eigenvalue weighted by Crippen LogP contribution is 2.28. The SMILES string of the molecule is Cc1cc(C(=O)N2CCC(c3nccn3Cc3ccccc3)CC2)on1. The Morgan fingerprint density at radius 3 is 2.69 bits per heavy atom. The highest BCUT2D eigenvalue weighted by atomic mass is 16.5. The van der Waals surface area contributed by atoms with Crippen molar-refractivity contribution >= 4 is 5.91 Å². The van der Waals surface area contributed by atoms with Gasteiger partial charge in [0.15, 0.2) is 0 Å². The predicted molar refractivity (Wildman–Crippen MR) is 96.9 cm³/mol. The molecule has 0 atom stereocenters. The van der Waals surface area contributed by atoms with E-state index in [-0.39, 0.29) is 5.91 Å². The monoisotopic (exact) mass is 350 g/mol. The van der Waals surface area contributed by atoms with Gasteiger partial charge in [0.1, 0.15) is 5.82 Å². The normalized spacial score (nSPS) is 15.3. The minimum Gasteiger partial charge on any atom is -0.351 e. The standard InChI is InChI=1S/C20H22N4O2/c1-15-13-18(26-22-15)20(25)23-10-7-17(8-11-23)19-21-9-12-24(19)14-16-5-3-2-4-6-16/h2-6,9,12-13,17H,7-8,10-11,14H2,1H3. The lowest BCUT2D eigenvalue weighted by atomic mass is 9.95. The molecule has 0 unspecified atom stereocenters. The Balaban J connectivity index is 1.41. The molecule has 6 nitrogen and oxygen atoms in total. The molecule has 2 aromatic heterocycles. The van der Waals surface area contributed by atoms with Crippen molar-refractivity contribution in [2.75, 3.05) is 13.1 Å². The smallest absolute Gasteiger partial charge is 0.292 e. The van der Waals surface area contributed by atoms with Gasteiger partial charge in [0.05, 0.1) is 5.69 Å². The third-order valence-electron chi connectivity index (χ3n) is 4.93. The second-order valence-electron chi connectivity index (χ2n) is 6.80. The Morgan fingerprint density at radius 2 is 2.00 bits per heavy atom. The van der Waals surface area contributed by atoms with E-state index in [0.717, 1.165) is 30.9 Å². The van der Waals surface area contributed by atoms with Crippen LogP contribution in [-0.2, 0) is 6.54 Å². The number of hydrogen-bond donors (Lipinski definition) is 0. The summed E-state index contributed by atoms with van der Waals surface area (Å²) in [5, 5.41) is 3.80. The zero-order chi connectivity index (χ0) is 17.9. The van der Waals surface area contributed by atoms with E-state index in [1.54, 1.807) is 6.07 Å². The first-order valence-electron chi connectivity index (χ1n) is 8.98. The van der Waals surface area contributed by atoms with Crippen molar-refractivity contribution in [3.8, 4) is 0 Å². The number of imidazole rings is 1. The third-order valence-corrected chi connectivity index (χ3v) is 4.93. The van der Waals surface area contributed by atoms with E-state index in [9.17, 15) is 4.79 Å². The third kappa shape index (κ3) is 3.40. The van der Waals surface area contributed by atoms with Gasteiger partial charge in [0.25, 0.3) is 5.91 Å². The van der Waals surface area contributed by atoms with Crippen molar-refractivity contribution < 1.29 is 9.32 Å². The van der Waals surface area contributed by atoms with Crippen molar-refractivity contribution in [3.63, 3.8) is 0 Å². The Morgan fingerprint density at radius 1 is 1.23 bits per heavy atom. The van der Waals surface area contributed by atoms with Crippen LogP contribution in [-0.4, -0.2) is 38.6 Å². The van der Waals surface area contributed by atoms with E-state index in [1.165, 1.54) is 5.56 Å². The summed E-state index contributed by atoms with van der Waals surface area (Å²) in [5.41, 5.74) is 1.99. The van der Waals surface area contributed by atoms with Crippen LogP contribution in [0.1, 0.15) is 46.4 Å². The van der Waals surface area contributed by atoms with Crippen molar-refractivity contribution in [1.29, 1.82) is 0 Å². The van der Waals surface area contributed by atoms with Crippen LogP contribution in [0.4, 0.5) is 0 Å². The highest BCUT2D eigenvalue weighted by molar-refractivity contribution is 5.91. The van der Waals surface area contributed by atoms with E-state index >= 15 is 0 Å². The lowest BCUT2D eigenvalue weighted by Crippen LogP contribution is -2.38. The molecule has 6 heteroatoms. The molecule has 134 valence electrons. The molecule has 0 radical (unpaired) electrons. The molecule has 1 fully saturated rings. The molecule has 26 heavy (non-hydrogen) atoms. The number of likely N-dealkylation sites (tertiary alicyclic amines) is 1. The lowest BCUT2D eigenvalue weighted by molar-refractivity contribution is 0.0668. The van der Waals surface area contributed by atoms with E-state index in [4.69, 9.17) is 4.52 Å². The van der Waals surface area contributed by atoms with Crippen molar-refractivity contribution in [3.05, 3.63) is 71.6 Å². The Bertz CT molecular complexity index is 876. The van der Waals surface area contributed by atoms with Crippen molar-refractivity contribution in [2.45, 2.75) is 32.2 Å².